The Balaban J connectivity index is 1.78. The summed E-state index contributed by atoms with van der Waals surface area (Å²) in [6.07, 6.45) is 2.14. The number of Topliss-reactive ketones (excluding diaryl/α,β-unsaturated/α-hetero) is 1. The summed E-state index contributed by atoms with van der Waals surface area (Å²) in [5, 5.41) is 0. The molecule has 1 heterocycles. The molecule has 0 saturated carbocycles. The van der Waals surface area contributed by atoms with E-state index in [1.54, 1.807) is 0 Å². The van der Waals surface area contributed by atoms with Gasteiger partial charge in [0.15, 0.2) is 5.78 Å². The van der Waals surface area contributed by atoms with Crippen LogP contribution in [-0.2, 0) is 4.74 Å². The Labute approximate surface area is 155 Å². The highest BCUT2D eigenvalue weighted by atomic mass is 16.5. The van der Waals surface area contributed by atoms with Gasteiger partial charge in [0.1, 0.15) is 5.75 Å². The summed E-state index contributed by atoms with van der Waals surface area (Å²) in [6.45, 7) is 5.72. The average molecular weight is 353 g/mol. The first kappa shape index (κ1) is 18.6. The van der Waals surface area contributed by atoms with E-state index >= 15 is 0 Å². The Morgan fingerprint density at radius 3 is 2.42 bits per heavy atom. The Bertz CT molecular complexity index is 678. The van der Waals surface area contributed by atoms with E-state index in [1.165, 1.54) is 0 Å². The molecule has 3 rings (SSSR count). The first-order valence-corrected chi connectivity index (χ1v) is 9.43. The molecule has 0 bridgehead atoms. The Morgan fingerprint density at radius 2 is 1.77 bits per heavy atom. The van der Waals surface area contributed by atoms with Crippen molar-refractivity contribution in [2.45, 2.75) is 25.8 Å². The van der Waals surface area contributed by atoms with Crippen molar-refractivity contribution in [3.63, 3.8) is 0 Å². The van der Waals surface area contributed by atoms with Crippen LogP contribution in [0.5, 0.6) is 5.75 Å². The molecule has 1 aliphatic rings. The normalized spacial score (nSPS) is 16.2. The third-order valence-corrected chi connectivity index (χ3v) is 4.68. The van der Waals surface area contributed by atoms with Crippen LogP contribution in [0.2, 0.25) is 0 Å². The van der Waals surface area contributed by atoms with Crippen molar-refractivity contribution in [3.8, 4) is 5.75 Å². The van der Waals surface area contributed by atoms with Crippen LogP contribution in [-0.4, -0.2) is 43.6 Å². The van der Waals surface area contributed by atoms with Crippen LogP contribution in [0.4, 0.5) is 0 Å². The van der Waals surface area contributed by atoms with E-state index in [0.717, 1.165) is 37.2 Å². The fourth-order valence-corrected chi connectivity index (χ4v) is 3.21. The van der Waals surface area contributed by atoms with E-state index in [2.05, 4.69) is 11.8 Å². The van der Waals surface area contributed by atoms with Crippen molar-refractivity contribution in [1.29, 1.82) is 0 Å². The maximum Gasteiger partial charge on any atom is 0.184 e. The Morgan fingerprint density at radius 1 is 1.08 bits per heavy atom. The average Bonchev–Trinajstić information content (AvgIpc) is 2.70. The first-order valence-electron chi connectivity index (χ1n) is 9.43. The number of carbonyl (C=O) groups excluding carboxylic acids is 1. The molecule has 0 N–H and O–H groups in total. The molecule has 0 aromatic heterocycles. The van der Waals surface area contributed by atoms with Crippen molar-refractivity contribution in [2.75, 3.05) is 32.9 Å². The molecule has 1 saturated heterocycles. The number of rotatable bonds is 8. The van der Waals surface area contributed by atoms with Crippen molar-refractivity contribution in [1.82, 2.24) is 4.90 Å². The Kier molecular flexibility index (Phi) is 6.81. The zero-order chi connectivity index (χ0) is 18.2. The van der Waals surface area contributed by atoms with Gasteiger partial charge in [0.2, 0.25) is 0 Å². The third kappa shape index (κ3) is 4.71. The third-order valence-electron chi connectivity index (χ3n) is 4.68. The van der Waals surface area contributed by atoms with Gasteiger partial charge in [-0.1, -0.05) is 43.7 Å². The highest BCUT2D eigenvalue weighted by Crippen LogP contribution is 2.27. The second kappa shape index (κ2) is 9.51. The van der Waals surface area contributed by atoms with Crippen LogP contribution in [0.1, 0.15) is 41.7 Å². The minimum atomic E-state index is -0.271. The van der Waals surface area contributed by atoms with Gasteiger partial charge in [0.25, 0.3) is 0 Å². The topological polar surface area (TPSA) is 38.8 Å². The van der Waals surface area contributed by atoms with E-state index < -0.39 is 0 Å². The molecule has 1 atom stereocenters. The summed E-state index contributed by atoms with van der Waals surface area (Å²) in [6, 6.07) is 17.3. The van der Waals surface area contributed by atoms with E-state index in [4.69, 9.17) is 9.47 Å². The number of benzene rings is 2. The molecule has 1 fully saturated rings. The van der Waals surface area contributed by atoms with Gasteiger partial charge in [-0.15, -0.1) is 0 Å². The lowest BCUT2D eigenvalue weighted by atomic mass is 9.95. The zero-order valence-corrected chi connectivity index (χ0v) is 15.4. The summed E-state index contributed by atoms with van der Waals surface area (Å²) < 4.78 is 11.2. The van der Waals surface area contributed by atoms with E-state index in [-0.39, 0.29) is 11.8 Å². The number of morpholine rings is 1. The number of nitrogens with zero attached hydrogens (tertiary/aromatic N) is 1. The summed E-state index contributed by atoms with van der Waals surface area (Å²) in [5.41, 5.74) is 1.75. The van der Waals surface area contributed by atoms with Gasteiger partial charge in [-0.05, 0) is 36.2 Å². The number of carbonyl (C=O) groups is 1. The molecule has 26 heavy (non-hydrogen) atoms. The van der Waals surface area contributed by atoms with Crippen LogP contribution in [0.3, 0.4) is 0 Å². The summed E-state index contributed by atoms with van der Waals surface area (Å²) in [5.74, 6) is 0.941. The van der Waals surface area contributed by atoms with Gasteiger partial charge >= 0.3 is 0 Å². The molecule has 4 nitrogen and oxygen atoms in total. The lowest BCUT2D eigenvalue weighted by Crippen LogP contribution is -2.42. The summed E-state index contributed by atoms with van der Waals surface area (Å²) >= 11 is 0. The SMILES string of the molecule is CCCCOc1ccc(C(=O)C(c2ccccc2)N2CCOCC2)cc1. The molecule has 4 heteroatoms. The molecule has 0 amide bonds. The molecule has 138 valence electrons. The fourth-order valence-electron chi connectivity index (χ4n) is 3.21. The highest BCUT2D eigenvalue weighted by Gasteiger charge is 2.29. The lowest BCUT2D eigenvalue weighted by molar-refractivity contribution is 0.0172. The van der Waals surface area contributed by atoms with Gasteiger partial charge in [-0.2, -0.15) is 0 Å². The van der Waals surface area contributed by atoms with Gasteiger partial charge in [-0.25, -0.2) is 0 Å². The highest BCUT2D eigenvalue weighted by molar-refractivity contribution is 6.00. The Hall–Kier alpha value is -2.17. The minimum Gasteiger partial charge on any atom is -0.494 e. The van der Waals surface area contributed by atoms with Crippen LogP contribution in [0, 0.1) is 0 Å². The fraction of sp³-hybridized carbons (Fsp3) is 0.409. The van der Waals surface area contributed by atoms with E-state index in [0.29, 0.717) is 25.4 Å². The van der Waals surface area contributed by atoms with Gasteiger partial charge in [0, 0.05) is 18.7 Å². The van der Waals surface area contributed by atoms with E-state index in [1.807, 2.05) is 54.6 Å². The molecular formula is C22H27NO3. The van der Waals surface area contributed by atoms with Gasteiger partial charge in [0.05, 0.1) is 25.9 Å². The number of hydrogen-bond acceptors (Lipinski definition) is 4. The summed E-state index contributed by atoms with van der Waals surface area (Å²) in [7, 11) is 0. The van der Waals surface area contributed by atoms with Crippen LogP contribution >= 0.6 is 0 Å². The number of ketones is 1. The monoisotopic (exact) mass is 353 g/mol. The van der Waals surface area contributed by atoms with E-state index in [9.17, 15) is 4.79 Å². The molecule has 1 aliphatic heterocycles. The number of hydrogen-bond donors (Lipinski definition) is 0. The van der Waals surface area contributed by atoms with Crippen molar-refractivity contribution < 1.29 is 14.3 Å². The molecule has 1 unspecified atom stereocenters. The number of unbranched alkanes of at least 4 members (excludes halogenated alkanes) is 1. The van der Waals surface area contributed by atoms with Crippen LogP contribution in [0.15, 0.2) is 54.6 Å². The minimum absolute atomic E-state index is 0.123. The largest absolute Gasteiger partial charge is 0.494 e. The predicted octanol–water partition coefficient (Wildman–Crippen LogP) is 4.12. The maximum absolute atomic E-state index is 13.3. The van der Waals surface area contributed by atoms with Crippen molar-refractivity contribution in [3.05, 3.63) is 65.7 Å². The molecule has 0 radical (unpaired) electrons. The lowest BCUT2D eigenvalue weighted by Gasteiger charge is -2.33. The molecular weight excluding hydrogens is 326 g/mol. The van der Waals surface area contributed by atoms with Gasteiger partial charge < -0.3 is 9.47 Å². The van der Waals surface area contributed by atoms with Crippen molar-refractivity contribution >= 4 is 5.78 Å². The number of ether oxygens (including phenoxy) is 2. The smallest absolute Gasteiger partial charge is 0.184 e. The van der Waals surface area contributed by atoms with Crippen molar-refractivity contribution in [2.24, 2.45) is 0 Å². The van der Waals surface area contributed by atoms with Crippen LogP contribution < -0.4 is 4.74 Å². The predicted molar refractivity (Wildman–Crippen MR) is 103 cm³/mol. The summed E-state index contributed by atoms with van der Waals surface area (Å²) in [4.78, 5) is 15.5. The first-order chi connectivity index (χ1) is 12.8. The molecule has 0 aliphatic carbocycles. The second-order valence-electron chi connectivity index (χ2n) is 6.55. The quantitative estimate of drug-likeness (QED) is 0.528. The zero-order valence-electron chi connectivity index (χ0n) is 15.4. The van der Waals surface area contributed by atoms with Gasteiger partial charge in [-0.3, -0.25) is 9.69 Å². The van der Waals surface area contributed by atoms with Crippen LogP contribution in [0.25, 0.3) is 0 Å². The molecule has 2 aromatic carbocycles. The second-order valence-corrected chi connectivity index (χ2v) is 6.55. The maximum atomic E-state index is 13.3. The standard InChI is InChI=1S/C22H27NO3/c1-2-3-15-26-20-11-9-19(10-12-20)22(24)21(18-7-5-4-6-8-18)23-13-16-25-17-14-23/h4-12,21H,2-3,13-17H2,1H3. The molecule has 2 aromatic rings. The molecule has 0 spiro atoms.